The van der Waals surface area contributed by atoms with Crippen LogP contribution in [0.4, 0.5) is 5.69 Å². The number of hydrogen-bond donors (Lipinski definition) is 2. The highest BCUT2D eigenvalue weighted by Gasteiger charge is 2.11. The Morgan fingerprint density at radius 1 is 1.15 bits per heavy atom. The molecular weight excluding hydrogens is 272 g/mol. The van der Waals surface area contributed by atoms with E-state index < -0.39 is 10.0 Å². The first kappa shape index (κ1) is 17.0. The fourth-order valence-corrected chi connectivity index (χ4v) is 3.17. The lowest BCUT2D eigenvalue weighted by atomic mass is 10.1. The summed E-state index contributed by atoms with van der Waals surface area (Å²) in [5.74, 6) is 0.171. The molecule has 0 aliphatic carbocycles. The average Bonchev–Trinajstić information content (AvgIpc) is 2.38. The SMILES string of the molecule is CCc1ccccc1NS(=O)(=O)CCCCNC(C)C. The molecule has 0 radical (unpaired) electrons. The lowest BCUT2D eigenvalue weighted by Crippen LogP contribution is -2.24. The molecule has 0 amide bonds. The fraction of sp³-hybridized carbons (Fsp3) is 0.600. The first-order valence-electron chi connectivity index (χ1n) is 7.26. The van der Waals surface area contributed by atoms with E-state index >= 15 is 0 Å². The van der Waals surface area contributed by atoms with E-state index in [4.69, 9.17) is 0 Å². The Labute approximate surface area is 123 Å². The van der Waals surface area contributed by atoms with Gasteiger partial charge in [0.2, 0.25) is 10.0 Å². The topological polar surface area (TPSA) is 58.2 Å². The van der Waals surface area contributed by atoms with Crippen LogP contribution in [0, 0.1) is 0 Å². The van der Waals surface area contributed by atoms with Crippen LogP contribution in [0.2, 0.25) is 0 Å². The molecule has 114 valence electrons. The van der Waals surface area contributed by atoms with E-state index in [0.717, 1.165) is 24.9 Å². The second kappa shape index (κ2) is 8.27. The van der Waals surface area contributed by atoms with Crippen molar-refractivity contribution in [1.82, 2.24) is 5.32 Å². The van der Waals surface area contributed by atoms with Crippen LogP contribution in [-0.4, -0.2) is 26.8 Å². The Morgan fingerprint density at radius 3 is 2.50 bits per heavy atom. The molecule has 4 nitrogen and oxygen atoms in total. The lowest BCUT2D eigenvalue weighted by Gasteiger charge is -2.12. The molecular formula is C15H26N2O2S. The van der Waals surface area contributed by atoms with E-state index in [2.05, 4.69) is 23.9 Å². The van der Waals surface area contributed by atoms with Gasteiger partial charge in [0.1, 0.15) is 0 Å². The van der Waals surface area contributed by atoms with Gasteiger partial charge in [-0.05, 0) is 37.4 Å². The van der Waals surface area contributed by atoms with Gasteiger partial charge in [-0.25, -0.2) is 8.42 Å². The predicted molar refractivity (Wildman–Crippen MR) is 85.6 cm³/mol. The normalized spacial score (nSPS) is 11.8. The zero-order valence-electron chi connectivity index (χ0n) is 12.6. The number of sulfonamides is 1. The maximum Gasteiger partial charge on any atom is 0.232 e. The van der Waals surface area contributed by atoms with Crippen LogP contribution in [0.1, 0.15) is 39.2 Å². The van der Waals surface area contributed by atoms with E-state index in [-0.39, 0.29) is 5.75 Å². The third kappa shape index (κ3) is 6.39. The second-order valence-electron chi connectivity index (χ2n) is 5.25. The van der Waals surface area contributed by atoms with Gasteiger partial charge >= 0.3 is 0 Å². The van der Waals surface area contributed by atoms with Gasteiger partial charge in [-0.3, -0.25) is 4.72 Å². The van der Waals surface area contributed by atoms with Gasteiger partial charge in [0.15, 0.2) is 0 Å². The monoisotopic (exact) mass is 298 g/mol. The molecule has 0 bridgehead atoms. The number of aryl methyl sites for hydroxylation is 1. The van der Waals surface area contributed by atoms with Crippen molar-refractivity contribution in [2.75, 3.05) is 17.0 Å². The van der Waals surface area contributed by atoms with Crippen molar-refractivity contribution in [2.45, 2.75) is 46.1 Å². The van der Waals surface area contributed by atoms with E-state index in [1.165, 1.54) is 0 Å². The second-order valence-corrected chi connectivity index (χ2v) is 7.09. The Hall–Kier alpha value is -1.07. The first-order chi connectivity index (χ1) is 9.44. The van der Waals surface area contributed by atoms with Gasteiger partial charge in [-0.1, -0.05) is 39.0 Å². The molecule has 0 aliphatic heterocycles. The van der Waals surface area contributed by atoms with Crippen LogP contribution in [0.25, 0.3) is 0 Å². The van der Waals surface area contributed by atoms with Gasteiger partial charge in [-0.2, -0.15) is 0 Å². The fourth-order valence-electron chi connectivity index (χ4n) is 1.95. The Bertz CT molecular complexity index is 498. The highest BCUT2D eigenvalue weighted by Crippen LogP contribution is 2.17. The predicted octanol–water partition coefficient (Wildman–Crippen LogP) is 2.77. The van der Waals surface area contributed by atoms with Crippen molar-refractivity contribution >= 4 is 15.7 Å². The summed E-state index contributed by atoms with van der Waals surface area (Å²) in [6.07, 6.45) is 2.36. The summed E-state index contributed by atoms with van der Waals surface area (Å²) >= 11 is 0. The van der Waals surface area contributed by atoms with Crippen molar-refractivity contribution in [3.8, 4) is 0 Å². The molecule has 0 aliphatic rings. The summed E-state index contributed by atoms with van der Waals surface area (Å²) in [6, 6.07) is 7.99. The number of anilines is 1. The van der Waals surface area contributed by atoms with Crippen molar-refractivity contribution in [2.24, 2.45) is 0 Å². The highest BCUT2D eigenvalue weighted by molar-refractivity contribution is 7.92. The van der Waals surface area contributed by atoms with Crippen LogP contribution in [0.5, 0.6) is 0 Å². The van der Waals surface area contributed by atoms with Crippen molar-refractivity contribution < 1.29 is 8.42 Å². The molecule has 1 rings (SSSR count). The van der Waals surface area contributed by atoms with Gasteiger partial charge < -0.3 is 5.32 Å². The van der Waals surface area contributed by atoms with Crippen LogP contribution < -0.4 is 10.0 Å². The molecule has 0 fully saturated rings. The lowest BCUT2D eigenvalue weighted by molar-refractivity contribution is 0.561. The van der Waals surface area contributed by atoms with Crippen LogP contribution >= 0.6 is 0 Å². The highest BCUT2D eigenvalue weighted by atomic mass is 32.2. The molecule has 0 atom stereocenters. The largest absolute Gasteiger partial charge is 0.315 e. The van der Waals surface area contributed by atoms with E-state index in [1.54, 1.807) is 0 Å². The summed E-state index contributed by atoms with van der Waals surface area (Å²) in [7, 11) is -3.25. The summed E-state index contributed by atoms with van der Waals surface area (Å²) in [4.78, 5) is 0. The molecule has 5 heteroatoms. The summed E-state index contributed by atoms with van der Waals surface area (Å²) < 4.78 is 26.8. The zero-order valence-corrected chi connectivity index (χ0v) is 13.5. The van der Waals surface area contributed by atoms with Gasteiger partial charge in [0.05, 0.1) is 11.4 Å². The maximum atomic E-state index is 12.0. The molecule has 2 N–H and O–H groups in total. The number of unbranched alkanes of at least 4 members (excludes halogenated alkanes) is 1. The summed E-state index contributed by atoms with van der Waals surface area (Å²) in [5.41, 5.74) is 1.73. The van der Waals surface area contributed by atoms with Crippen molar-refractivity contribution in [3.63, 3.8) is 0 Å². The molecule has 20 heavy (non-hydrogen) atoms. The zero-order chi connectivity index (χ0) is 15.0. The minimum Gasteiger partial charge on any atom is -0.315 e. The van der Waals surface area contributed by atoms with Crippen molar-refractivity contribution in [1.29, 1.82) is 0 Å². The number of nitrogens with one attached hydrogen (secondary N) is 2. The quantitative estimate of drug-likeness (QED) is 0.689. The van der Waals surface area contributed by atoms with Crippen molar-refractivity contribution in [3.05, 3.63) is 29.8 Å². The molecule has 0 saturated carbocycles. The number of para-hydroxylation sites is 1. The van der Waals surface area contributed by atoms with Crippen LogP contribution in [0.15, 0.2) is 24.3 Å². The Morgan fingerprint density at radius 2 is 1.85 bits per heavy atom. The summed E-state index contributed by atoms with van der Waals surface area (Å²) in [5, 5.41) is 3.28. The molecule has 1 aromatic carbocycles. The van der Waals surface area contributed by atoms with E-state index in [1.807, 2.05) is 31.2 Å². The van der Waals surface area contributed by atoms with E-state index in [9.17, 15) is 8.42 Å². The third-order valence-corrected chi connectivity index (χ3v) is 4.41. The molecule has 0 heterocycles. The Kier molecular flexibility index (Phi) is 7.02. The minimum absolute atomic E-state index is 0.171. The molecule has 0 unspecified atom stereocenters. The Balaban J connectivity index is 2.45. The van der Waals surface area contributed by atoms with Gasteiger partial charge in [0, 0.05) is 6.04 Å². The molecule has 0 saturated heterocycles. The van der Waals surface area contributed by atoms with Crippen LogP contribution in [-0.2, 0) is 16.4 Å². The smallest absolute Gasteiger partial charge is 0.232 e. The van der Waals surface area contributed by atoms with Gasteiger partial charge in [0.25, 0.3) is 0 Å². The minimum atomic E-state index is -3.25. The number of hydrogen-bond acceptors (Lipinski definition) is 3. The molecule has 1 aromatic rings. The third-order valence-electron chi connectivity index (χ3n) is 3.06. The van der Waals surface area contributed by atoms with Crippen LogP contribution in [0.3, 0.4) is 0 Å². The number of benzene rings is 1. The molecule has 0 spiro atoms. The number of rotatable bonds is 9. The molecule has 0 aromatic heterocycles. The standard InChI is InChI=1S/C15H26N2O2S/c1-4-14-9-5-6-10-15(14)17-20(18,19)12-8-7-11-16-13(2)3/h5-6,9-10,13,16-17H,4,7-8,11-12H2,1-3H3. The van der Waals surface area contributed by atoms with Gasteiger partial charge in [-0.15, -0.1) is 0 Å². The average molecular weight is 298 g/mol. The maximum absolute atomic E-state index is 12.0. The first-order valence-corrected chi connectivity index (χ1v) is 8.91. The van der Waals surface area contributed by atoms with E-state index in [0.29, 0.717) is 18.2 Å². The summed E-state index contributed by atoms with van der Waals surface area (Å²) in [6.45, 7) is 7.05.